The van der Waals surface area contributed by atoms with Crippen molar-refractivity contribution < 1.29 is 13.9 Å². The molecule has 1 rings (SSSR count). The average molecular weight is 295 g/mol. The second kappa shape index (κ2) is 4.40. The molecule has 0 saturated heterocycles. The largest absolute Gasteiger partial charge is 0.496 e. The quantitative estimate of drug-likeness (QED) is 0.668. The van der Waals surface area contributed by atoms with Gasteiger partial charge in [-0.15, -0.1) is 0 Å². The van der Waals surface area contributed by atoms with Crippen LogP contribution < -0.4 is 8.27 Å². The maximum absolute atomic E-state index is 12.7. The van der Waals surface area contributed by atoms with Crippen LogP contribution in [0, 0.1) is 5.82 Å². The molecule has 0 unspecified atom stereocenters. The van der Waals surface area contributed by atoms with Crippen molar-refractivity contribution in [3.05, 3.63) is 29.6 Å². The van der Waals surface area contributed by atoms with Crippen LogP contribution in [-0.4, -0.2) is 13.0 Å². The summed E-state index contributed by atoms with van der Waals surface area (Å²) in [6, 6.07) is 3.78. The van der Waals surface area contributed by atoms with Crippen LogP contribution in [0.4, 0.5) is 4.39 Å². The van der Waals surface area contributed by atoms with Crippen molar-refractivity contribution >= 4 is 28.8 Å². The first-order valence-corrected chi connectivity index (χ1v) is 4.51. The molecule has 1 amide bonds. The first-order chi connectivity index (χ1) is 6.19. The van der Waals surface area contributed by atoms with Crippen molar-refractivity contribution in [2.75, 3.05) is 7.11 Å². The summed E-state index contributed by atoms with van der Waals surface area (Å²) in [6.45, 7) is 0. The minimum Gasteiger partial charge on any atom is -0.496 e. The lowest BCUT2D eigenvalue weighted by Crippen LogP contribution is -2.13. The predicted molar refractivity (Wildman–Crippen MR) is 54.4 cm³/mol. The van der Waals surface area contributed by atoms with Crippen LogP contribution in [0.3, 0.4) is 0 Å². The highest BCUT2D eigenvalue weighted by Crippen LogP contribution is 2.19. The van der Waals surface area contributed by atoms with Crippen molar-refractivity contribution in [3.63, 3.8) is 0 Å². The van der Waals surface area contributed by atoms with Crippen molar-refractivity contribution in [1.82, 2.24) is 3.53 Å². The fourth-order valence-electron chi connectivity index (χ4n) is 0.909. The van der Waals surface area contributed by atoms with E-state index >= 15 is 0 Å². The summed E-state index contributed by atoms with van der Waals surface area (Å²) in [5, 5.41) is 0. The summed E-state index contributed by atoms with van der Waals surface area (Å²) in [5.74, 6) is -0.483. The average Bonchev–Trinajstić information content (AvgIpc) is 2.16. The lowest BCUT2D eigenvalue weighted by molar-refractivity contribution is 0.0986. The molecular weight excluding hydrogens is 288 g/mol. The summed E-state index contributed by atoms with van der Waals surface area (Å²) in [7, 11) is 1.43. The highest BCUT2D eigenvalue weighted by molar-refractivity contribution is 14.1. The van der Waals surface area contributed by atoms with Crippen LogP contribution in [0.25, 0.3) is 0 Å². The van der Waals surface area contributed by atoms with E-state index in [1.807, 2.05) is 0 Å². The number of amides is 1. The molecule has 0 heterocycles. The predicted octanol–water partition coefficient (Wildman–Crippen LogP) is 1.91. The number of ether oxygens (including phenoxy) is 1. The van der Waals surface area contributed by atoms with Crippen molar-refractivity contribution in [1.29, 1.82) is 0 Å². The van der Waals surface area contributed by atoms with Gasteiger partial charge >= 0.3 is 0 Å². The molecule has 1 aromatic rings. The molecule has 0 radical (unpaired) electrons. The Labute approximate surface area is 88.8 Å². The Kier molecular flexibility index (Phi) is 3.47. The van der Waals surface area contributed by atoms with Crippen molar-refractivity contribution in [3.8, 4) is 5.75 Å². The molecule has 0 fully saturated rings. The molecule has 0 aliphatic heterocycles. The minimum absolute atomic E-state index is 0.192. The van der Waals surface area contributed by atoms with Crippen LogP contribution in [0.5, 0.6) is 5.75 Å². The highest BCUT2D eigenvalue weighted by Gasteiger charge is 2.11. The van der Waals surface area contributed by atoms with Crippen molar-refractivity contribution in [2.24, 2.45) is 0 Å². The van der Waals surface area contributed by atoms with Gasteiger partial charge in [-0.05, 0) is 18.2 Å². The van der Waals surface area contributed by atoms with Gasteiger partial charge in [-0.2, -0.15) is 0 Å². The Morgan fingerprint density at radius 1 is 1.62 bits per heavy atom. The zero-order valence-electron chi connectivity index (χ0n) is 6.80. The Balaban J connectivity index is 3.15. The van der Waals surface area contributed by atoms with Gasteiger partial charge < -0.3 is 4.74 Å². The standard InChI is InChI=1S/C8H7FINO2/c1-13-7-3-2-5(9)4-6(7)8(12)11-10/h2-4H,1H3,(H,11,12). The van der Waals surface area contributed by atoms with Crippen LogP contribution in [-0.2, 0) is 0 Å². The van der Waals surface area contributed by atoms with Gasteiger partial charge in [0.05, 0.1) is 35.5 Å². The number of methoxy groups -OCH3 is 1. The number of benzene rings is 1. The molecule has 0 bridgehead atoms. The molecule has 0 saturated carbocycles. The maximum Gasteiger partial charge on any atom is 0.263 e. The smallest absolute Gasteiger partial charge is 0.263 e. The second-order valence-electron chi connectivity index (χ2n) is 2.27. The molecule has 0 spiro atoms. The lowest BCUT2D eigenvalue weighted by Gasteiger charge is -2.05. The van der Waals surface area contributed by atoms with E-state index in [1.54, 1.807) is 22.9 Å². The van der Waals surface area contributed by atoms with Gasteiger partial charge in [-0.3, -0.25) is 8.32 Å². The van der Waals surface area contributed by atoms with Crippen LogP contribution in [0.1, 0.15) is 10.4 Å². The zero-order chi connectivity index (χ0) is 9.84. The summed E-state index contributed by atoms with van der Waals surface area (Å²) in [4.78, 5) is 11.2. The molecule has 0 aliphatic carbocycles. The van der Waals surface area contributed by atoms with E-state index in [1.165, 1.54) is 19.2 Å². The molecule has 0 aliphatic rings. The van der Waals surface area contributed by atoms with Crippen LogP contribution >= 0.6 is 22.9 Å². The van der Waals surface area contributed by atoms with Gasteiger partial charge in [-0.25, -0.2) is 4.39 Å². The summed E-state index contributed by atoms with van der Waals surface area (Å²) in [5.41, 5.74) is 0.192. The number of hydrogen-bond acceptors (Lipinski definition) is 2. The molecular formula is C8H7FINO2. The zero-order valence-corrected chi connectivity index (χ0v) is 8.96. The molecule has 0 aromatic heterocycles. The Hall–Kier alpha value is -0.850. The van der Waals surface area contributed by atoms with Gasteiger partial charge in [0.2, 0.25) is 0 Å². The van der Waals surface area contributed by atoms with Gasteiger partial charge in [0.25, 0.3) is 5.91 Å². The van der Waals surface area contributed by atoms with E-state index in [0.29, 0.717) is 5.75 Å². The molecule has 0 atom stereocenters. The second-order valence-corrected chi connectivity index (χ2v) is 2.81. The van der Waals surface area contributed by atoms with E-state index in [0.717, 1.165) is 6.07 Å². The monoisotopic (exact) mass is 295 g/mol. The number of carbonyl (C=O) groups is 1. The van der Waals surface area contributed by atoms with Gasteiger partial charge in [-0.1, -0.05) is 0 Å². The topological polar surface area (TPSA) is 38.3 Å². The maximum atomic E-state index is 12.7. The fraction of sp³-hybridized carbons (Fsp3) is 0.125. The molecule has 1 aromatic carbocycles. The van der Waals surface area contributed by atoms with Crippen molar-refractivity contribution in [2.45, 2.75) is 0 Å². The summed E-state index contributed by atoms with van der Waals surface area (Å²) in [6.07, 6.45) is 0. The van der Waals surface area contributed by atoms with E-state index in [4.69, 9.17) is 4.74 Å². The summed E-state index contributed by atoms with van der Waals surface area (Å²) >= 11 is 1.68. The van der Waals surface area contributed by atoms with Gasteiger partial charge in [0, 0.05) is 0 Å². The first-order valence-electron chi connectivity index (χ1n) is 3.43. The Morgan fingerprint density at radius 2 is 2.31 bits per heavy atom. The highest BCUT2D eigenvalue weighted by atomic mass is 127. The molecule has 13 heavy (non-hydrogen) atoms. The third-order valence-electron chi connectivity index (χ3n) is 1.49. The molecule has 70 valence electrons. The molecule has 3 nitrogen and oxygen atoms in total. The number of carbonyl (C=O) groups excluding carboxylic acids is 1. The molecule has 1 N–H and O–H groups in total. The fourth-order valence-corrected chi connectivity index (χ4v) is 1.20. The Bertz CT molecular complexity index is 330. The normalized spacial score (nSPS) is 9.46. The SMILES string of the molecule is COc1ccc(F)cc1C(=O)NI. The lowest BCUT2D eigenvalue weighted by atomic mass is 10.2. The number of halogens is 2. The van der Waals surface area contributed by atoms with Crippen LogP contribution in [0.15, 0.2) is 18.2 Å². The first kappa shape index (κ1) is 10.2. The number of hydrogen-bond donors (Lipinski definition) is 1. The third-order valence-corrected chi connectivity index (χ3v) is 1.98. The van der Waals surface area contributed by atoms with Crippen LogP contribution in [0.2, 0.25) is 0 Å². The third kappa shape index (κ3) is 2.30. The number of nitrogens with one attached hydrogen (secondary N) is 1. The number of rotatable bonds is 2. The molecule has 5 heteroatoms. The van der Waals surface area contributed by atoms with Gasteiger partial charge in [0.15, 0.2) is 0 Å². The van der Waals surface area contributed by atoms with E-state index < -0.39 is 5.82 Å². The van der Waals surface area contributed by atoms with E-state index in [-0.39, 0.29) is 11.5 Å². The van der Waals surface area contributed by atoms with E-state index in [9.17, 15) is 9.18 Å². The minimum atomic E-state index is -0.462. The van der Waals surface area contributed by atoms with E-state index in [2.05, 4.69) is 3.53 Å². The summed E-state index contributed by atoms with van der Waals surface area (Å²) < 4.78 is 20.0. The Morgan fingerprint density at radius 3 is 2.85 bits per heavy atom. The van der Waals surface area contributed by atoms with Gasteiger partial charge in [0.1, 0.15) is 11.6 Å².